The maximum absolute atomic E-state index is 12.5. The summed E-state index contributed by atoms with van der Waals surface area (Å²) < 4.78 is 5.12. The van der Waals surface area contributed by atoms with E-state index >= 15 is 0 Å². The van der Waals surface area contributed by atoms with E-state index in [1.807, 2.05) is 13.8 Å². The van der Waals surface area contributed by atoms with Gasteiger partial charge in [0.05, 0.1) is 12.1 Å². The van der Waals surface area contributed by atoms with Crippen LogP contribution in [0.1, 0.15) is 32.8 Å². The lowest BCUT2D eigenvalue weighted by atomic mass is 9.99. The Kier molecular flexibility index (Phi) is 8.67. The van der Waals surface area contributed by atoms with E-state index in [0.29, 0.717) is 12.0 Å². The number of nitrogens with two attached hydrogens (primary N) is 1. The quantitative estimate of drug-likeness (QED) is 0.423. The predicted octanol–water partition coefficient (Wildman–Crippen LogP) is -0.547. The van der Waals surface area contributed by atoms with Gasteiger partial charge in [0.15, 0.2) is 6.10 Å². The molecule has 3 atom stereocenters. The lowest BCUT2D eigenvalue weighted by Gasteiger charge is -2.27. The largest absolute Gasteiger partial charge is 0.450 e. The second kappa shape index (κ2) is 10.5. The van der Waals surface area contributed by atoms with E-state index in [1.165, 1.54) is 13.2 Å². The fraction of sp³-hybridized carbons (Fsp3) is 0.556. The van der Waals surface area contributed by atoms with Gasteiger partial charge in [-0.25, -0.2) is 0 Å². The fourth-order valence-corrected chi connectivity index (χ4v) is 2.63. The van der Waals surface area contributed by atoms with Gasteiger partial charge in [0.1, 0.15) is 0 Å². The summed E-state index contributed by atoms with van der Waals surface area (Å²) in [5, 5.41) is 5.07. The van der Waals surface area contributed by atoms with Gasteiger partial charge in [0.2, 0.25) is 5.91 Å². The van der Waals surface area contributed by atoms with Crippen molar-refractivity contribution in [3.05, 3.63) is 34.2 Å². The van der Waals surface area contributed by atoms with Crippen LogP contribution in [0.25, 0.3) is 0 Å². The Morgan fingerprint density at radius 2 is 1.93 bits per heavy atom. The van der Waals surface area contributed by atoms with Crippen molar-refractivity contribution < 1.29 is 19.1 Å². The average Bonchev–Trinajstić information content (AvgIpc) is 2.59. The van der Waals surface area contributed by atoms with Crippen molar-refractivity contribution in [2.24, 2.45) is 11.7 Å². The molecule has 0 aromatic carbocycles. The van der Waals surface area contributed by atoms with Crippen LogP contribution in [0.3, 0.4) is 0 Å². The molecule has 1 aromatic rings. The molecule has 27 heavy (non-hydrogen) atoms. The van der Waals surface area contributed by atoms with Crippen LogP contribution in [0.2, 0.25) is 0 Å². The van der Waals surface area contributed by atoms with Gasteiger partial charge in [-0.05, 0) is 18.4 Å². The Morgan fingerprint density at radius 1 is 1.26 bits per heavy atom. The number of rotatable bonds is 9. The van der Waals surface area contributed by atoms with Gasteiger partial charge in [0, 0.05) is 32.2 Å². The van der Waals surface area contributed by atoms with E-state index in [9.17, 15) is 19.2 Å². The number of H-pyrrole nitrogens is 1. The first kappa shape index (κ1) is 22.4. The van der Waals surface area contributed by atoms with Crippen LogP contribution in [-0.2, 0) is 25.5 Å². The molecule has 9 nitrogen and oxygen atoms in total. The molecule has 2 amide bonds. The lowest BCUT2D eigenvalue weighted by molar-refractivity contribution is -0.156. The van der Waals surface area contributed by atoms with Gasteiger partial charge in [-0.3, -0.25) is 19.2 Å². The van der Waals surface area contributed by atoms with Gasteiger partial charge in [0.25, 0.3) is 11.5 Å². The SMILES string of the molecule is CNC(=O)C(OC(C)=O)C(Cc1ccc[nH]c1=O)NC(=O)C(N)CC(C)C. The standard InChI is InChI=1S/C18H28N4O5/c1-10(2)8-13(19)17(25)22-14(9-12-6-5-7-21-16(12)24)15(18(26)20-4)27-11(3)23/h5-7,10,13-15H,8-9,19H2,1-4H3,(H,20,26)(H,21,24)(H,22,25). The zero-order valence-electron chi connectivity index (χ0n) is 16.1. The van der Waals surface area contributed by atoms with E-state index in [2.05, 4.69) is 15.6 Å². The third-order valence-corrected chi connectivity index (χ3v) is 3.89. The Morgan fingerprint density at radius 3 is 2.44 bits per heavy atom. The summed E-state index contributed by atoms with van der Waals surface area (Å²) in [6.45, 7) is 5.02. The van der Waals surface area contributed by atoms with Crippen molar-refractivity contribution in [2.75, 3.05) is 7.05 Å². The molecule has 1 rings (SSSR count). The molecule has 0 saturated heterocycles. The van der Waals surface area contributed by atoms with Crippen LogP contribution in [0.15, 0.2) is 23.1 Å². The summed E-state index contributed by atoms with van der Waals surface area (Å²) in [6.07, 6.45) is 0.604. The van der Waals surface area contributed by atoms with Crippen molar-refractivity contribution in [3.63, 3.8) is 0 Å². The number of nitrogens with one attached hydrogen (secondary N) is 3. The van der Waals surface area contributed by atoms with Crippen LogP contribution in [0, 0.1) is 5.92 Å². The smallest absolute Gasteiger partial charge is 0.303 e. The normalized spacial score (nSPS) is 14.1. The molecule has 9 heteroatoms. The summed E-state index contributed by atoms with van der Waals surface area (Å²) in [5.74, 6) is -1.57. The number of carbonyl (C=O) groups is 3. The molecule has 3 unspecified atom stereocenters. The molecule has 1 heterocycles. The highest BCUT2D eigenvalue weighted by Gasteiger charge is 2.33. The number of aromatic nitrogens is 1. The first-order chi connectivity index (χ1) is 12.6. The fourth-order valence-electron chi connectivity index (χ4n) is 2.63. The maximum Gasteiger partial charge on any atom is 0.303 e. The van der Waals surface area contributed by atoms with Crippen LogP contribution in [0.5, 0.6) is 0 Å². The molecule has 150 valence electrons. The molecule has 0 spiro atoms. The molecule has 0 radical (unpaired) electrons. The minimum Gasteiger partial charge on any atom is -0.450 e. The first-order valence-electron chi connectivity index (χ1n) is 8.77. The van der Waals surface area contributed by atoms with Gasteiger partial charge in [-0.15, -0.1) is 0 Å². The van der Waals surface area contributed by atoms with Gasteiger partial charge < -0.3 is 26.1 Å². The average molecular weight is 380 g/mol. The molecular formula is C18H28N4O5. The Labute approximate surface area is 158 Å². The molecule has 0 aliphatic rings. The highest BCUT2D eigenvalue weighted by atomic mass is 16.5. The molecule has 0 aliphatic carbocycles. The van der Waals surface area contributed by atoms with Crippen LogP contribution in [0.4, 0.5) is 0 Å². The highest BCUT2D eigenvalue weighted by molar-refractivity contribution is 5.86. The molecule has 5 N–H and O–H groups in total. The van der Waals surface area contributed by atoms with Crippen molar-refractivity contribution in [2.45, 2.75) is 51.8 Å². The number of pyridine rings is 1. The summed E-state index contributed by atoms with van der Waals surface area (Å²) >= 11 is 0. The van der Waals surface area contributed by atoms with E-state index < -0.39 is 36.0 Å². The first-order valence-corrected chi connectivity index (χ1v) is 8.77. The lowest BCUT2D eigenvalue weighted by Crippen LogP contribution is -2.56. The van der Waals surface area contributed by atoms with Crippen LogP contribution < -0.4 is 21.9 Å². The second-order valence-corrected chi connectivity index (χ2v) is 6.72. The van der Waals surface area contributed by atoms with Crippen molar-refractivity contribution in [1.29, 1.82) is 0 Å². The number of esters is 1. The molecule has 0 aliphatic heterocycles. The van der Waals surface area contributed by atoms with Crippen LogP contribution in [-0.4, -0.2) is 48.0 Å². The van der Waals surface area contributed by atoms with E-state index in [0.717, 1.165) is 6.92 Å². The number of aromatic amines is 1. The Bertz CT molecular complexity index is 716. The van der Waals surface area contributed by atoms with Gasteiger partial charge >= 0.3 is 5.97 Å². The maximum atomic E-state index is 12.5. The van der Waals surface area contributed by atoms with E-state index in [4.69, 9.17) is 10.5 Å². The van der Waals surface area contributed by atoms with E-state index in [1.54, 1.807) is 12.1 Å². The van der Waals surface area contributed by atoms with Crippen molar-refractivity contribution >= 4 is 17.8 Å². The van der Waals surface area contributed by atoms with E-state index in [-0.39, 0.29) is 17.9 Å². The Hall–Kier alpha value is -2.68. The summed E-state index contributed by atoms with van der Waals surface area (Å²) in [4.78, 5) is 50.7. The van der Waals surface area contributed by atoms with Crippen molar-refractivity contribution in [1.82, 2.24) is 15.6 Å². The molecular weight excluding hydrogens is 352 g/mol. The number of ether oxygens (including phenoxy) is 1. The minimum atomic E-state index is -1.30. The zero-order valence-corrected chi connectivity index (χ0v) is 16.1. The number of hydrogen-bond acceptors (Lipinski definition) is 6. The number of hydrogen-bond donors (Lipinski definition) is 4. The Balaban J connectivity index is 3.14. The highest BCUT2D eigenvalue weighted by Crippen LogP contribution is 2.09. The number of carbonyl (C=O) groups excluding carboxylic acids is 3. The zero-order chi connectivity index (χ0) is 20.6. The topological polar surface area (TPSA) is 143 Å². The number of amides is 2. The van der Waals surface area contributed by atoms with Crippen molar-refractivity contribution in [3.8, 4) is 0 Å². The molecule has 1 aromatic heterocycles. The second-order valence-electron chi connectivity index (χ2n) is 6.72. The predicted molar refractivity (Wildman–Crippen MR) is 99.7 cm³/mol. The third-order valence-electron chi connectivity index (χ3n) is 3.89. The molecule has 0 fully saturated rings. The van der Waals surface area contributed by atoms with Gasteiger partial charge in [-0.1, -0.05) is 19.9 Å². The minimum absolute atomic E-state index is 0.0122. The summed E-state index contributed by atoms with van der Waals surface area (Å²) in [6, 6.07) is 1.45. The molecule has 0 saturated carbocycles. The number of likely N-dealkylation sites (N-methyl/N-ethyl adjacent to an activating group) is 1. The van der Waals surface area contributed by atoms with Gasteiger partial charge in [-0.2, -0.15) is 0 Å². The molecule has 0 bridgehead atoms. The monoisotopic (exact) mass is 380 g/mol. The third kappa shape index (κ3) is 7.22. The summed E-state index contributed by atoms with van der Waals surface area (Å²) in [7, 11) is 1.39. The van der Waals surface area contributed by atoms with Crippen LogP contribution >= 0.6 is 0 Å². The summed E-state index contributed by atoms with van der Waals surface area (Å²) in [5.41, 5.74) is 5.89.